The molecule has 5 heteroatoms. The Morgan fingerprint density at radius 1 is 1.38 bits per heavy atom. The van der Waals surface area contributed by atoms with E-state index >= 15 is 0 Å². The molecule has 0 aliphatic heterocycles. The Hall–Kier alpha value is -0.130. The molecule has 0 aromatic carbocycles. The SMILES string of the molecule is COS(=O)(=O)C[C@@H]1[C@@H](O)C[C@H]2C[C@@H]1C2(C)C. The van der Waals surface area contributed by atoms with Gasteiger partial charge in [-0.05, 0) is 30.1 Å². The summed E-state index contributed by atoms with van der Waals surface area (Å²) in [5.41, 5.74) is 0.174. The highest BCUT2D eigenvalue weighted by Crippen LogP contribution is 2.61. The van der Waals surface area contributed by atoms with Crippen LogP contribution in [0.15, 0.2) is 0 Å². The zero-order valence-electron chi connectivity index (χ0n) is 10.0. The average molecular weight is 248 g/mol. The maximum Gasteiger partial charge on any atom is 0.267 e. The molecule has 3 fully saturated rings. The predicted molar refractivity (Wildman–Crippen MR) is 60.3 cm³/mol. The van der Waals surface area contributed by atoms with Crippen molar-refractivity contribution >= 4 is 10.1 Å². The lowest BCUT2D eigenvalue weighted by Gasteiger charge is -2.61. The van der Waals surface area contributed by atoms with Gasteiger partial charge in [0.2, 0.25) is 0 Å². The standard InChI is InChI=1S/C11H20O4S/c1-11(2)7-4-9(11)8(10(12)5-7)6-16(13,14)15-3/h7-10,12H,4-6H2,1-3H3/t7-,8+,9+,10+/m1/s1. The third kappa shape index (κ3) is 1.79. The van der Waals surface area contributed by atoms with Crippen LogP contribution in [0.1, 0.15) is 26.7 Å². The molecule has 0 aromatic rings. The lowest BCUT2D eigenvalue weighted by molar-refractivity contribution is -0.153. The number of hydrogen-bond donors (Lipinski definition) is 1. The minimum atomic E-state index is -3.47. The van der Waals surface area contributed by atoms with E-state index in [1.54, 1.807) is 0 Å². The van der Waals surface area contributed by atoms with Gasteiger partial charge in [-0.15, -0.1) is 0 Å². The molecule has 4 atom stereocenters. The first-order chi connectivity index (χ1) is 7.28. The second-order valence-electron chi connectivity index (χ2n) is 5.72. The van der Waals surface area contributed by atoms with Crippen LogP contribution in [0.4, 0.5) is 0 Å². The van der Waals surface area contributed by atoms with E-state index in [0.29, 0.717) is 11.8 Å². The number of fused-ring (bicyclic) bond motifs is 2. The number of aliphatic hydroxyl groups is 1. The van der Waals surface area contributed by atoms with E-state index in [4.69, 9.17) is 0 Å². The fourth-order valence-electron chi connectivity index (χ4n) is 3.45. The maximum atomic E-state index is 11.5. The predicted octanol–water partition coefficient (Wildman–Crippen LogP) is 1.01. The van der Waals surface area contributed by atoms with Crippen LogP contribution in [-0.4, -0.2) is 32.5 Å². The molecule has 3 aliphatic carbocycles. The highest BCUT2D eigenvalue weighted by atomic mass is 32.2. The number of rotatable bonds is 3. The summed E-state index contributed by atoms with van der Waals surface area (Å²) in [4.78, 5) is 0. The molecule has 0 radical (unpaired) electrons. The first-order valence-electron chi connectivity index (χ1n) is 5.74. The van der Waals surface area contributed by atoms with E-state index in [2.05, 4.69) is 18.0 Å². The molecular formula is C11H20O4S. The highest BCUT2D eigenvalue weighted by molar-refractivity contribution is 7.86. The van der Waals surface area contributed by atoms with Crippen molar-refractivity contribution in [3.63, 3.8) is 0 Å². The summed E-state index contributed by atoms with van der Waals surface area (Å²) < 4.78 is 27.4. The van der Waals surface area contributed by atoms with E-state index in [1.165, 1.54) is 7.11 Å². The quantitative estimate of drug-likeness (QED) is 0.757. The molecule has 0 unspecified atom stereocenters. The van der Waals surface area contributed by atoms with E-state index in [1.807, 2.05) is 0 Å². The van der Waals surface area contributed by atoms with Crippen molar-refractivity contribution in [1.82, 2.24) is 0 Å². The van der Waals surface area contributed by atoms with Gasteiger partial charge >= 0.3 is 0 Å². The summed E-state index contributed by atoms with van der Waals surface area (Å²) in [5, 5.41) is 9.94. The summed E-state index contributed by atoms with van der Waals surface area (Å²) in [6, 6.07) is 0. The molecule has 3 saturated carbocycles. The van der Waals surface area contributed by atoms with Gasteiger partial charge in [-0.25, -0.2) is 0 Å². The molecule has 1 N–H and O–H groups in total. The molecule has 2 bridgehead atoms. The van der Waals surface area contributed by atoms with Crippen molar-refractivity contribution in [3.05, 3.63) is 0 Å². The van der Waals surface area contributed by atoms with Gasteiger partial charge in [0.05, 0.1) is 19.0 Å². The lowest BCUT2D eigenvalue weighted by Crippen LogP contribution is -2.59. The summed E-state index contributed by atoms with van der Waals surface area (Å²) in [7, 11) is -2.29. The molecule has 0 saturated heterocycles. The second-order valence-corrected chi connectivity index (χ2v) is 7.50. The van der Waals surface area contributed by atoms with Crippen LogP contribution < -0.4 is 0 Å². The molecular weight excluding hydrogens is 228 g/mol. The smallest absolute Gasteiger partial charge is 0.267 e. The van der Waals surface area contributed by atoms with Crippen molar-refractivity contribution in [1.29, 1.82) is 0 Å². The van der Waals surface area contributed by atoms with E-state index in [9.17, 15) is 13.5 Å². The van der Waals surface area contributed by atoms with Crippen LogP contribution in [-0.2, 0) is 14.3 Å². The van der Waals surface area contributed by atoms with Gasteiger partial charge in [0, 0.05) is 5.92 Å². The van der Waals surface area contributed by atoms with Crippen molar-refractivity contribution in [3.8, 4) is 0 Å². The Morgan fingerprint density at radius 2 is 2.00 bits per heavy atom. The average Bonchev–Trinajstić information content (AvgIpc) is 2.20. The molecule has 4 nitrogen and oxygen atoms in total. The Labute approximate surface area is 97.1 Å². The van der Waals surface area contributed by atoms with E-state index in [0.717, 1.165) is 12.8 Å². The zero-order valence-corrected chi connectivity index (χ0v) is 10.8. The monoisotopic (exact) mass is 248 g/mol. The van der Waals surface area contributed by atoms with Gasteiger partial charge in [0.25, 0.3) is 10.1 Å². The summed E-state index contributed by atoms with van der Waals surface area (Å²) in [6.45, 7) is 4.34. The molecule has 3 rings (SSSR count). The van der Waals surface area contributed by atoms with Crippen LogP contribution >= 0.6 is 0 Å². The minimum absolute atomic E-state index is 0.0501. The summed E-state index contributed by atoms with van der Waals surface area (Å²) in [5.74, 6) is 0.649. The third-order valence-electron chi connectivity index (χ3n) is 4.73. The maximum absolute atomic E-state index is 11.5. The Morgan fingerprint density at radius 3 is 2.50 bits per heavy atom. The van der Waals surface area contributed by atoms with Crippen LogP contribution in [0.3, 0.4) is 0 Å². The molecule has 16 heavy (non-hydrogen) atoms. The number of aliphatic hydroxyl groups excluding tert-OH is 1. The van der Waals surface area contributed by atoms with Crippen molar-refractivity contribution in [2.45, 2.75) is 32.8 Å². The first kappa shape index (κ1) is 12.3. The second kappa shape index (κ2) is 3.68. The van der Waals surface area contributed by atoms with Gasteiger partial charge in [0.15, 0.2) is 0 Å². The van der Waals surface area contributed by atoms with Gasteiger partial charge < -0.3 is 5.11 Å². The van der Waals surface area contributed by atoms with Crippen LogP contribution in [0.2, 0.25) is 0 Å². The minimum Gasteiger partial charge on any atom is -0.393 e. The van der Waals surface area contributed by atoms with Gasteiger partial charge in [0.1, 0.15) is 0 Å². The lowest BCUT2D eigenvalue weighted by atomic mass is 9.45. The molecule has 3 aliphatic rings. The van der Waals surface area contributed by atoms with E-state index < -0.39 is 16.2 Å². The Kier molecular flexibility index (Phi) is 2.84. The first-order valence-corrected chi connectivity index (χ1v) is 7.32. The van der Waals surface area contributed by atoms with Gasteiger partial charge in [-0.3, -0.25) is 4.18 Å². The van der Waals surface area contributed by atoms with Crippen molar-refractivity contribution < 1.29 is 17.7 Å². The summed E-state index contributed by atoms with van der Waals surface area (Å²) in [6.07, 6.45) is 1.29. The van der Waals surface area contributed by atoms with E-state index in [-0.39, 0.29) is 17.1 Å². The largest absolute Gasteiger partial charge is 0.393 e. The van der Waals surface area contributed by atoms with Crippen molar-refractivity contribution in [2.24, 2.45) is 23.2 Å². The molecule has 0 aromatic heterocycles. The molecule has 0 heterocycles. The van der Waals surface area contributed by atoms with Crippen LogP contribution in [0.25, 0.3) is 0 Å². The van der Waals surface area contributed by atoms with Gasteiger partial charge in [-0.2, -0.15) is 8.42 Å². The van der Waals surface area contributed by atoms with Gasteiger partial charge in [-0.1, -0.05) is 13.8 Å². The normalized spacial score (nSPS) is 41.5. The fourth-order valence-corrected chi connectivity index (χ4v) is 4.51. The number of hydrogen-bond acceptors (Lipinski definition) is 4. The van der Waals surface area contributed by atoms with Crippen LogP contribution in [0.5, 0.6) is 0 Å². The van der Waals surface area contributed by atoms with Crippen LogP contribution in [0, 0.1) is 23.2 Å². The zero-order chi connectivity index (χ0) is 12.1. The molecule has 0 amide bonds. The molecule has 0 spiro atoms. The van der Waals surface area contributed by atoms with Crippen molar-refractivity contribution in [2.75, 3.05) is 12.9 Å². The highest BCUT2D eigenvalue weighted by Gasteiger charge is 2.58. The Bertz CT molecular complexity index is 373. The Balaban J connectivity index is 2.14. The summed E-state index contributed by atoms with van der Waals surface area (Å²) >= 11 is 0. The topological polar surface area (TPSA) is 63.6 Å². The third-order valence-corrected chi connectivity index (χ3v) is 6.03. The molecule has 94 valence electrons. The fraction of sp³-hybridized carbons (Fsp3) is 1.00.